The molecule has 19 heavy (non-hydrogen) atoms. The van der Waals surface area contributed by atoms with Crippen LogP contribution < -0.4 is 19.7 Å². The lowest BCUT2D eigenvalue weighted by Gasteiger charge is -2.39. The predicted octanol–water partition coefficient (Wildman–Crippen LogP) is 2.28. The molecule has 2 rings (SSSR count). The third-order valence-electron chi connectivity index (χ3n) is 3.98. The van der Waals surface area contributed by atoms with E-state index in [0.717, 1.165) is 18.0 Å². The van der Waals surface area contributed by atoms with Gasteiger partial charge in [-0.15, -0.1) is 0 Å². The highest BCUT2D eigenvalue weighted by atomic mass is 16.5. The quantitative estimate of drug-likeness (QED) is 0.904. The van der Waals surface area contributed by atoms with Crippen LogP contribution in [0.2, 0.25) is 0 Å². The average molecular weight is 264 g/mol. The van der Waals surface area contributed by atoms with Gasteiger partial charge >= 0.3 is 0 Å². The van der Waals surface area contributed by atoms with E-state index in [1.807, 2.05) is 13.1 Å². The Labute approximate surface area is 115 Å². The topological polar surface area (TPSA) is 33.7 Å². The summed E-state index contributed by atoms with van der Waals surface area (Å²) in [4.78, 5) is 2.44. The van der Waals surface area contributed by atoms with E-state index in [1.54, 1.807) is 14.2 Å². The first-order valence-electron chi connectivity index (χ1n) is 6.85. The maximum Gasteiger partial charge on any atom is 0.162 e. The Hall–Kier alpha value is -1.42. The second-order valence-electron chi connectivity index (χ2n) is 5.09. The fraction of sp³-hybridized carbons (Fsp3) is 0.600. The number of rotatable bonds is 4. The fourth-order valence-corrected chi connectivity index (χ4v) is 2.82. The normalized spacial score (nSPS) is 23.3. The standard InChI is InChI=1S/C15H24N2O2/c1-11-9-12(16-2)7-8-17(11)13-5-6-14(18-3)15(10-13)19-4/h5-6,10-12,16H,7-9H2,1-4H3. The van der Waals surface area contributed by atoms with Crippen LogP contribution in [-0.2, 0) is 0 Å². The van der Waals surface area contributed by atoms with Crippen molar-refractivity contribution in [3.05, 3.63) is 18.2 Å². The predicted molar refractivity (Wildman–Crippen MR) is 78.4 cm³/mol. The molecule has 106 valence electrons. The zero-order chi connectivity index (χ0) is 13.8. The lowest BCUT2D eigenvalue weighted by Crippen LogP contribution is -2.46. The van der Waals surface area contributed by atoms with Crippen LogP contribution >= 0.6 is 0 Å². The molecule has 0 saturated carbocycles. The van der Waals surface area contributed by atoms with Gasteiger partial charge in [0.1, 0.15) is 0 Å². The van der Waals surface area contributed by atoms with E-state index in [2.05, 4.69) is 29.3 Å². The van der Waals surface area contributed by atoms with Gasteiger partial charge in [-0.3, -0.25) is 0 Å². The summed E-state index contributed by atoms with van der Waals surface area (Å²) >= 11 is 0. The Morgan fingerprint density at radius 2 is 1.95 bits per heavy atom. The average Bonchev–Trinajstić information content (AvgIpc) is 2.46. The van der Waals surface area contributed by atoms with Gasteiger partial charge in [-0.25, -0.2) is 0 Å². The van der Waals surface area contributed by atoms with E-state index in [0.29, 0.717) is 12.1 Å². The Kier molecular flexibility index (Phi) is 4.53. The molecule has 1 aromatic carbocycles. The van der Waals surface area contributed by atoms with Crippen LogP contribution in [0.15, 0.2) is 18.2 Å². The Balaban J connectivity index is 2.18. The molecule has 0 aliphatic carbocycles. The van der Waals surface area contributed by atoms with Gasteiger partial charge in [-0.05, 0) is 38.9 Å². The molecule has 4 nitrogen and oxygen atoms in total. The van der Waals surface area contributed by atoms with Crippen LogP contribution in [0.5, 0.6) is 11.5 Å². The number of nitrogens with zero attached hydrogens (tertiary/aromatic N) is 1. The second-order valence-corrected chi connectivity index (χ2v) is 5.09. The fourth-order valence-electron chi connectivity index (χ4n) is 2.82. The van der Waals surface area contributed by atoms with Crippen molar-refractivity contribution in [3.63, 3.8) is 0 Å². The van der Waals surface area contributed by atoms with Crippen molar-refractivity contribution in [1.82, 2.24) is 5.32 Å². The molecule has 1 fully saturated rings. The van der Waals surface area contributed by atoms with Gasteiger partial charge in [0.15, 0.2) is 11.5 Å². The number of methoxy groups -OCH3 is 2. The first-order valence-corrected chi connectivity index (χ1v) is 6.85. The zero-order valence-electron chi connectivity index (χ0n) is 12.3. The molecular weight excluding hydrogens is 240 g/mol. The van der Waals surface area contributed by atoms with Crippen LogP contribution in [-0.4, -0.2) is 39.9 Å². The van der Waals surface area contributed by atoms with Crippen LogP contribution in [0.4, 0.5) is 5.69 Å². The van der Waals surface area contributed by atoms with E-state index < -0.39 is 0 Å². The monoisotopic (exact) mass is 264 g/mol. The number of nitrogens with one attached hydrogen (secondary N) is 1. The molecular formula is C15H24N2O2. The number of hydrogen-bond donors (Lipinski definition) is 1. The van der Waals surface area contributed by atoms with Gasteiger partial charge in [0, 0.05) is 30.4 Å². The largest absolute Gasteiger partial charge is 0.493 e. The van der Waals surface area contributed by atoms with E-state index in [9.17, 15) is 0 Å². The first-order chi connectivity index (χ1) is 9.19. The molecule has 0 bridgehead atoms. The van der Waals surface area contributed by atoms with Crippen molar-refractivity contribution in [2.75, 3.05) is 32.7 Å². The minimum Gasteiger partial charge on any atom is -0.493 e. The summed E-state index contributed by atoms with van der Waals surface area (Å²) in [7, 11) is 5.39. The lowest BCUT2D eigenvalue weighted by atomic mass is 9.97. The molecule has 1 N–H and O–H groups in total. The summed E-state index contributed by atoms with van der Waals surface area (Å²) in [5, 5.41) is 3.38. The van der Waals surface area contributed by atoms with Crippen molar-refractivity contribution >= 4 is 5.69 Å². The summed E-state index contributed by atoms with van der Waals surface area (Å²) in [6.07, 6.45) is 2.35. The van der Waals surface area contributed by atoms with E-state index >= 15 is 0 Å². The molecule has 1 saturated heterocycles. The molecule has 4 heteroatoms. The number of piperidine rings is 1. The molecule has 0 spiro atoms. The van der Waals surface area contributed by atoms with Crippen LogP contribution in [0.25, 0.3) is 0 Å². The summed E-state index contributed by atoms with van der Waals surface area (Å²) < 4.78 is 10.7. The smallest absolute Gasteiger partial charge is 0.162 e. The molecule has 2 atom stereocenters. The molecule has 2 unspecified atom stereocenters. The van der Waals surface area contributed by atoms with Crippen molar-refractivity contribution in [2.24, 2.45) is 0 Å². The summed E-state index contributed by atoms with van der Waals surface area (Å²) in [6, 6.07) is 7.31. The van der Waals surface area contributed by atoms with E-state index in [4.69, 9.17) is 9.47 Å². The van der Waals surface area contributed by atoms with Gasteiger partial charge in [0.05, 0.1) is 14.2 Å². The molecule has 0 radical (unpaired) electrons. The third-order valence-corrected chi connectivity index (χ3v) is 3.98. The maximum atomic E-state index is 5.38. The number of hydrogen-bond acceptors (Lipinski definition) is 4. The van der Waals surface area contributed by atoms with Gasteiger partial charge in [-0.2, -0.15) is 0 Å². The molecule has 1 aliphatic heterocycles. The van der Waals surface area contributed by atoms with E-state index in [-0.39, 0.29) is 0 Å². The van der Waals surface area contributed by atoms with Crippen molar-refractivity contribution < 1.29 is 9.47 Å². The Morgan fingerprint density at radius 3 is 2.53 bits per heavy atom. The molecule has 1 heterocycles. The van der Waals surface area contributed by atoms with Gasteiger partial charge < -0.3 is 19.7 Å². The minimum atomic E-state index is 0.532. The van der Waals surface area contributed by atoms with E-state index in [1.165, 1.54) is 18.5 Å². The number of ether oxygens (including phenoxy) is 2. The lowest BCUT2D eigenvalue weighted by molar-refractivity contribution is 0.354. The van der Waals surface area contributed by atoms with Crippen molar-refractivity contribution in [3.8, 4) is 11.5 Å². The number of benzene rings is 1. The second kappa shape index (κ2) is 6.15. The van der Waals surface area contributed by atoms with Crippen LogP contribution in [0, 0.1) is 0 Å². The maximum absolute atomic E-state index is 5.38. The van der Waals surface area contributed by atoms with Gasteiger partial charge in [-0.1, -0.05) is 0 Å². The highest BCUT2D eigenvalue weighted by Crippen LogP contribution is 2.33. The number of anilines is 1. The Morgan fingerprint density at radius 1 is 1.21 bits per heavy atom. The van der Waals surface area contributed by atoms with Gasteiger partial charge in [0.25, 0.3) is 0 Å². The van der Waals surface area contributed by atoms with Crippen LogP contribution in [0.1, 0.15) is 19.8 Å². The molecule has 0 aromatic heterocycles. The van der Waals surface area contributed by atoms with Crippen molar-refractivity contribution in [1.29, 1.82) is 0 Å². The highest BCUT2D eigenvalue weighted by Gasteiger charge is 2.25. The van der Waals surface area contributed by atoms with Crippen molar-refractivity contribution in [2.45, 2.75) is 31.8 Å². The molecule has 0 amide bonds. The zero-order valence-corrected chi connectivity index (χ0v) is 12.3. The summed E-state index contributed by atoms with van der Waals surface area (Å²) in [5.74, 6) is 1.58. The van der Waals surface area contributed by atoms with Gasteiger partial charge in [0.2, 0.25) is 0 Å². The molecule has 1 aromatic rings. The molecule has 1 aliphatic rings. The third kappa shape index (κ3) is 2.95. The van der Waals surface area contributed by atoms with Crippen LogP contribution in [0.3, 0.4) is 0 Å². The first kappa shape index (κ1) is 14.0. The SMILES string of the molecule is CNC1CCN(c2ccc(OC)c(OC)c2)C(C)C1. The summed E-state index contributed by atoms with van der Waals surface area (Å²) in [6.45, 7) is 3.35. The highest BCUT2D eigenvalue weighted by molar-refractivity contribution is 5.57. The summed E-state index contributed by atoms with van der Waals surface area (Å²) in [5.41, 5.74) is 1.21. The minimum absolute atomic E-state index is 0.532. The Bertz CT molecular complexity index is 423.